The number of carbonyl (C=O) groups excluding carboxylic acids is 3. The molecule has 0 aromatic heterocycles. The first-order valence-electron chi connectivity index (χ1n) is 11.0. The van der Waals surface area contributed by atoms with Crippen LogP contribution in [0.4, 0.5) is 0 Å². The Kier molecular flexibility index (Phi) is 7.06. The van der Waals surface area contributed by atoms with Crippen molar-refractivity contribution >= 4 is 29.7 Å². The number of amides is 3. The van der Waals surface area contributed by atoms with E-state index in [1.54, 1.807) is 0 Å². The van der Waals surface area contributed by atoms with E-state index in [9.17, 15) is 24.0 Å². The molecule has 0 bridgehead atoms. The molecule has 0 aromatic rings. The second-order valence-corrected chi connectivity index (χ2v) is 9.22. The minimum atomic E-state index is -1.37. The number of rotatable bonds is 11. The second-order valence-electron chi connectivity index (χ2n) is 9.22. The third kappa shape index (κ3) is 5.96. The van der Waals surface area contributed by atoms with Gasteiger partial charge < -0.3 is 30.5 Å². The highest BCUT2D eigenvalue weighted by Gasteiger charge is 2.63. The van der Waals surface area contributed by atoms with Gasteiger partial charge in [-0.25, -0.2) is 0 Å². The zero-order valence-electron chi connectivity index (χ0n) is 18.2. The van der Waals surface area contributed by atoms with Crippen molar-refractivity contribution in [3.8, 4) is 0 Å². The van der Waals surface area contributed by atoms with Crippen LogP contribution in [-0.2, 0) is 28.7 Å². The smallest absolute Gasteiger partial charge is 0.323 e. The Hall–Kier alpha value is -2.69. The lowest BCUT2D eigenvalue weighted by molar-refractivity contribution is -0.149. The predicted octanol–water partition coefficient (Wildman–Crippen LogP) is -0.265. The fraction of sp³-hybridized carbons (Fsp3) is 0.762. The van der Waals surface area contributed by atoms with E-state index in [0.29, 0.717) is 22.7 Å². The number of hydrogen-bond donors (Lipinski definition) is 4. The SMILES string of the molecule is C[C@@H]1OC2(CCC13CC3)CC2CCC(=O)NCC(=O)NCC(=O)N(CC(=O)O)CC(=O)O. The summed E-state index contributed by atoms with van der Waals surface area (Å²) in [6, 6.07) is 0. The van der Waals surface area contributed by atoms with Crippen LogP contribution in [0.15, 0.2) is 0 Å². The second kappa shape index (κ2) is 9.43. The van der Waals surface area contributed by atoms with Crippen LogP contribution in [-0.4, -0.2) is 82.7 Å². The zero-order valence-corrected chi connectivity index (χ0v) is 18.2. The Morgan fingerprint density at radius 1 is 0.938 bits per heavy atom. The van der Waals surface area contributed by atoms with Crippen molar-refractivity contribution in [1.82, 2.24) is 15.5 Å². The molecule has 3 fully saturated rings. The molecule has 2 spiro atoms. The number of hydrogen-bond acceptors (Lipinski definition) is 6. The van der Waals surface area contributed by atoms with Crippen molar-refractivity contribution in [2.75, 3.05) is 26.2 Å². The van der Waals surface area contributed by atoms with Gasteiger partial charge in [0.1, 0.15) is 13.1 Å². The van der Waals surface area contributed by atoms with Crippen molar-refractivity contribution in [3.63, 3.8) is 0 Å². The van der Waals surface area contributed by atoms with Gasteiger partial charge in [-0.1, -0.05) is 0 Å². The molecule has 1 heterocycles. The highest BCUT2D eigenvalue weighted by atomic mass is 16.5. The summed E-state index contributed by atoms with van der Waals surface area (Å²) >= 11 is 0. The van der Waals surface area contributed by atoms with E-state index in [1.807, 2.05) is 0 Å². The van der Waals surface area contributed by atoms with E-state index in [0.717, 1.165) is 12.8 Å². The summed E-state index contributed by atoms with van der Waals surface area (Å²) in [5.74, 6) is -4.10. The number of ether oxygens (including phenoxy) is 1. The third-order valence-corrected chi connectivity index (χ3v) is 7.00. The predicted molar refractivity (Wildman–Crippen MR) is 109 cm³/mol. The van der Waals surface area contributed by atoms with Crippen LogP contribution >= 0.6 is 0 Å². The molecule has 4 N–H and O–H groups in total. The molecular formula is C21H31N3O8. The first kappa shape index (κ1) is 24.0. The monoisotopic (exact) mass is 453 g/mol. The van der Waals surface area contributed by atoms with Gasteiger partial charge in [0.25, 0.3) is 0 Å². The van der Waals surface area contributed by atoms with E-state index >= 15 is 0 Å². The number of nitrogens with zero attached hydrogens (tertiary/aromatic N) is 1. The largest absolute Gasteiger partial charge is 0.480 e. The van der Waals surface area contributed by atoms with Crippen molar-refractivity contribution in [3.05, 3.63) is 0 Å². The highest BCUT2D eigenvalue weighted by Crippen LogP contribution is 2.65. The average molecular weight is 453 g/mol. The molecule has 1 saturated heterocycles. The first-order valence-corrected chi connectivity index (χ1v) is 11.0. The maximum Gasteiger partial charge on any atom is 0.323 e. The van der Waals surface area contributed by atoms with E-state index in [1.165, 1.54) is 19.3 Å². The fourth-order valence-electron chi connectivity index (χ4n) is 4.67. The van der Waals surface area contributed by atoms with Gasteiger partial charge >= 0.3 is 11.9 Å². The van der Waals surface area contributed by atoms with E-state index < -0.39 is 43.4 Å². The summed E-state index contributed by atoms with van der Waals surface area (Å²) in [5.41, 5.74) is 0.339. The van der Waals surface area contributed by atoms with Gasteiger partial charge in [-0.3, -0.25) is 24.0 Å². The number of carboxylic acids is 2. The Morgan fingerprint density at radius 2 is 1.53 bits per heavy atom. The fourth-order valence-corrected chi connectivity index (χ4v) is 4.67. The molecule has 3 atom stereocenters. The molecule has 1 aliphatic heterocycles. The Morgan fingerprint density at radius 3 is 2.09 bits per heavy atom. The van der Waals surface area contributed by atoms with Crippen LogP contribution in [0.3, 0.4) is 0 Å². The highest BCUT2D eigenvalue weighted by molar-refractivity contribution is 5.90. The minimum Gasteiger partial charge on any atom is -0.480 e. The molecule has 3 aliphatic rings. The topological polar surface area (TPSA) is 162 Å². The molecular weight excluding hydrogens is 422 g/mol. The molecule has 32 heavy (non-hydrogen) atoms. The summed E-state index contributed by atoms with van der Waals surface area (Å²) in [6.07, 6.45) is 7.00. The lowest BCUT2D eigenvalue weighted by Crippen LogP contribution is -2.46. The molecule has 2 unspecified atom stereocenters. The average Bonchev–Trinajstić information content (AvgIpc) is 3.62. The van der Waals surface area contributed by atoms with Gasteiger partial charge in [0.2, 0.25) is 17.7 Å². The van der Waals surface area contributed by atoms with Gasteiger partial charge in [-0.15, -0.1) is 0 Å². The molecule has 3 amide bonds. The van der Waals surface area contributed by atoms with Crippen LogP contribution < -0.4 is 10.6 Å². The Balaban J connectivity index is 1.30. The summed E-state index contributed by atoms with van der Waals surface area (Å²) < 4.78 is 6.32. The molecule has 3 rings (SSSR count). The van der Waals surface area contributed by atoms with Crippen molar-refractivity contribution in [1.29, 1.82) is 0 Å². The summed E-state index contributed by atoms with van der Waals surface area (Å²) in [7, 11) is 0. The van der Waals surface area contributed by atoms with Gasteiger partial charge in [0.15, 0.2) is 0 Å². The number of carboxylic acid groups (broad SMARTS) is 2. The molecule has 178 valence electrons. The van der Waals surface area contributed by atoms with Gasteiger partial charge in [-0.2, -0.15) is 0 Å². The molecule has 0 radical (unpaired) electrons. The van der Waals surface area contributed by atoms with Crippen LogP contribution in [0.25, 0.3) is 0 Å². The van der Waals surface area contributed by atoms with Crippen molar-refractivity contribution < 1.29 is 38.9 Å². The minimum absolute atomic E-state index is 0.0664. The summed E-state index contributed by atoms with van der Waals surface area (Å²) in [5, 5.41) is 22.3. The number of aliphatic carboxylic acids is 2. The van der Waals surface area contributed by atoms with Gasteiger partial charge in [-0.05, 0) is 56.8 Å². The maximum absolute atomic E-state index is 12.1. The molecule has 2 aliphatic carbocycles. The Bertz CT molecular complexity index is 780. The van der Waals surface area contributed by atoms with Crippen LogP contribution in [0.2, 0.25) is 0 Å². The quantitative estimate of drug-likeness (QED) is 0.332. The number of nitrogens with one attached hydrogen (secondary N) is 2. The van der Waals surface area contributed by atoms with Gasteiger partial charge in [0, 0.05) is 6.42 Å². The summed E-state index contributed by atoms with van der Waals surface area (Å²) in [6.45, 7) is -0.303. The normalized spacial score (nSPS) is 26.9. The van der Waals surface area contributed by atoms with Crippen molar-refractivity contribution in [2.45, 2.75) is 63.6 Å². The van der Waals surface area contributed by atoms with E-state index in [2.05, 4.69) is 17.6 Å². The van der Waals surface area contributed by atoms with Crippen molar-refractivity contribution in [2.24, 2.45) is 11.3 Å². The number of carbonyl (C=O) groups is 5. The lowest BCUT2D eigenvalue weighted by Gasteiger charge is -2.36. The van der Waals surface area contributed by atoms with Gasteiger partial charge in [0.05, 0.1) is 24.8 Å². The van der Waals surface area contributed by atoms with Crippen LogP contribution in [0, 0.1) is 11.3 Å². The van der Waals surface area contributed by atoms with E-state index in [-0.39, 0.29) is 30.6 Å². The molecule has 11 heteroatoms. The standard InChI is InChI=1S/C21H31N3O8/c1-13-20(4-5-20)6-7-21(32-13)8-14(21)2-3-15(25)22-9-16(26)23-10-17(27)24(11-18(28)29)12-19(30)31/h13-14H,2-12H2,1H3,(H,22,25)(H,23,26)(H,28,29)(H,30,31)/t13-,14?,21?/m0/s1. The van der Waals surface area contributed by atoms with Crippen LogP contribution in [0.1, 0.15) is 51.9 Å². The molecule has 0 aromatic carbocycles. The molecule has 11 nitrogen and oxygen atoms in total. The first-order chi connectivity index (χ1) is 15.0. The molecule has 2 saturated carbocycles. The van der Waals surface area contributed by atoms with E-state index in [4.69, 9.17) is 14.9 Å². The zero-order chi connectivity index (χ0) is 23.5. The maximum atomic E-state index is 12.1. The van der Waals surface area contributed by atoms with Crippen LogP contribution in [0.5, 0.6) is 0 Å². The lowest BCUT2D eigenvalue weighted by atomic mass is 9.87. The third-order valence-electron chi connectivity index (χ3n) is 7.00. The Labute approximate surface area is 185 Å². The summed E-state index contributed by atoms with van der Waals surface area (Å²) in [4.78, 5) is 58.0.